The van der Waals surface area contributed by atoms with Crippen molar-refractivity contribution in [1.82, 2.24) is 20.0 Å². The van der Waals surface area contributed by atoms with Crippen LogP contribution < -0.4 is 5.32 Å². The van der Waals surface area contributed by atoms with E-state index >= 15 is 0 Å². The van der Waals surface area contributed by atoms with Crippen molar-refractivity contribution >= 4 is 28.8 Å². The number of carbonyl (C=O) groups is 1. The van der Waals surface area contributed by atoms with Crippen molar-refractivity contribution in [1.29, 1.82) is 0 Å². The number of fused-ring (bicyclic) bond motifs is 1. The van der Waals surface area contributed by atoms with E-state index in [2.05, 4.69) is 24.3 Å². The lowest BCUT2D eigenvalue weighted by molar-refractivity contribution is -0.121. The maximum absolute atomic E-state index is 12.6. The minimum Gasteiger partial charge on any atom is -0.382 e. The molecule has 3 rings (SSSR count). The van der Waals surface area contributed by atoms with Gasteiger partial charge in [-0.3, -0.25) is 14.4 Å². The molecule has 2 aromatic rings. The molecule has 1 saturated heterocycles. The molecular weight excluding hydrogens is 342 g/mol. The Bertz CT molecular complexity index is 897. The van der Waals surface area contributed by atoms with Gasteiger partial charge in [-0.2, -0.15) is 5.10 Å². The summed E-state index contributed by atoms with van der Waals surface area (Å²) in [5.41, 5.74) is 2.39. The highest BCUT2D eigenvalue weighted by molar-refractivity contribution is 6.15. The van der Waals surface area contributed by atoms with E-state index in [9.17, 15) is 4.79 Å². The Morgan fingerprint density at radius 3 is 2.81 bits per heavy atom. The first-order valence-electron chi connectivity index (χ1n) is 9.14. The number of benzene rings is 1. The molecule has 0 saturated carbocycles. The van der Waals surface area contributed by atoms with Crippen LogP contribution in [-0.2, 0) is 16.6 Å². The zero-order valence-electron chi connectivity index (χ0n) is 16.6. The van der Waals surface area contributed by atoms with Crippen molar-refractivity contribution < 1.29 is 9.53 Å². The normalized spacial score (nSPS) is 18.9. The Labute approximate surface area is 159 Å². The Kier molecular flexibility index (Phi) is 5.60. The molecule has 0 spiro atoms. The van der Waals surface area contributed by atoms with Crippen LogP contribution in [0.15, 0.2) is 35.1 Å². The first-order valence-corrected chi connectivity index (χ1v) is 9.14. The third kappa shape index (κ3) is 4.36. The van der Waals surface area contributed by atoms with Crippen LogP contribution in [0.4, 0.5) is 0 Å². The molecule has 0 bridgehead atoms. The average Bonchev–Trinajstić information content (AvgIpc) is 3.08. The molecule has 0 aliphatic carbocycles. The summed E-state index contributed by atoms with van der Waals surface area (Å²) in [5, 5.41) is 8.58. The first-order chi connectivity index (χ1) is 12.9. The molecule has 7 nitrogen and oxygen atoms in total. The highest BCUT2D eigenvalue weighted by Crippen LogP contribution is 2.19. The second-order valence-electron chi connectivity index (χ2n) is 7.36. The predicted octanol–water partition coefficient (Wildman–Crippen LogP) is 2.39. The first kappa shape index (κ1) is 19.1. The number of amides is 1. The molecule has 2 heterocycles. The lowest BCUT2D eigenvalue weighted by Gasteiger charge is -2.16. The molecule has 1 atom stereocenters. The number of likely N-dealkylation sites (N-methyl/N-ethyl adjacent to an activating group) is 1. The minimum atomic E-state index is -0.0965. The monoisotopic (exact) mass is 369 g/mol. The van der Waals surface area contributed by atoms with Crippen LogP contribution in [0.2, 0.25) is 0 Å². The molecule has 1 aliphatic rings. The minimum absolute atomic E-state index is 0.0128. The van der Waals surface area contributed by atoms with Crippen LogP contribution in [0, 0.1) is 5.92 Å². The van der Waals surface area contributed by atoms with Crippen LogP contribution in [0.1, 0.15) is 25.8 Å². The molecule has 7 heteroatoms. The van der Waals surface area contributed by atoms with Crippen LogP contribution in [0.25, 0.3) is 17.0 Å². The Morgan fingerprint density at radius 2 is 2.11 bits per heavy atom. The molecule has 1 unspecified atom stereocenters. The van der Waals surface area contributed by atoms with Gasteiger partial charge >= 0.3 is 0 Å². The molecule has 1 N–H and O–H groups in total. The number of hydrogen-bond acceptors (Lipinski definition) is 4. The van der Waals surface area contributed by atoms with E-state index < -0.39 is 0 Å². The number of guanidine groups is 1. The van der Waals surface area contributed by atoms with Crippen LogP contribution in [0.3, 0.4) is 0 Å². The van der Waals surface area contributed by atoms with E-state index in [1.165, 1.54) is 0 Å². The van der Waals surface area contributed by atoms with Gasteiger partial charge in [0.15, 0.2) is 0 Å². The summed E-state index contributed by atoms with van der Waals surface area (Å²) in [6.45, 7) is 4.83. The number of nitrogens with zero attached hydrogens (tertiary/aromatic N) is 4. The van der Waals surface area contributed by atoms with E-state index in [4.69, 9.17) is 9.73 Å². The summed E-state index contributed by atoms with van der Waals surface area (Å²) in [6.07, 6.45) is 4.71. The Hall–Kier alpha value is -2.67. The van der Waals surface area contributed by atoms with Crippen molar-refractivity contribution in [3.8, 4) is 0 Å². The highest BCUT2D eigenvalue weighted by atomic mass is 16.5. The topological polar surface area (TPSA) is 71.7 Å². The molecule has 1 fully saturated rings. The van der Waals surface area contributed by atoms with Gasteiger partial charge in [0.25, 0.3) is 5.91 Å². The summed E-state index contributed by atoms with van der Waals surface area (Å²) >= 11 is 0. The SMILES string of the molecule is COCC(CC(C)C)N=C1N/C(=C\c2ccc3nn(C)cc3c2)C(=O)N1C. The van der Waals surface area contributed by atoms with E-state index in [-0.39, 0.29) is 11.9 Å². The van der Waals surface area contributed by atoms with Crippen LogP contribution in [0.5, 0.6) is 0 Å². The number of aromatic nitrogens is 2. The lowest BCUT2D eigenvalue weighted by Crippen LogP contribution is -2.31. The number of nitrogens with one attached hydrogen (secondary N) is 1. The third-order valence-electron chi connectivity index (χ3n) is 4.46. The highest BCUT2D eigenvalue weighted by Gasteiger charge is 2.29. The van der Waals surface area contributed by atoms with Crippen molar-refractivity contribution in [2.45, 2.75) is 26.3 Å². The Morgan fingerprint density at radius 1 is 1.33 bits per heavy atom. The van der Waals surface area contributed by atoms with Gasteiger partial charge in [-0.25, -0.2) is 4.99 Å². The number of carbonyl (C=O) groups excluding carboxylic acids is 1. The number of aryl methyl sites for hydroxylation is 1. The van der Waals surface area contributed by atoms with Gasteiger partial charge in [-0.05, 0) is 36.1 Å². The maximum atomic E-state index is 12.6. The summed E-state index contributed by atoms with van der Waals surface area (Å²) in [4.78, 5) is 18.9. The van der Waals surface area contributed by atoms with Crippen LogP contribution >= 0.6 is 0 Å². The molecule has 1 aromatic carbocycles. The summed E-state index contributed by atoms with van der Waals surface area (Å²) in [5.74, 6) is 0.968. The van der Waals surface area contributed by atoms with Gasteiger partial charge < -0.3 is 10.1 Å². The molecule has 27 heavy (non-hydrogen) atoms. The quantitative estimate of drug-likeness (QED) is 0.794. The van der Waals surface area contributed by atoms with Crippen molar-refractivity contribution in [2.75, 3.05) is 20.8 Å². The molecule has 144 valence electrons. The van der Waals surface area contributed by atoms with E-state index in [0.717, 1.165) is 22.9 Å². The van der Waals surface area contributed by atoms with Crippen molar-refractivity contribution in [2.24, 2.45) is 18.0 Å². The standard InChI is InChI=1S/C20H27N5O2/c1-13(2)8-16(12-27-5)21-20-22-18(19(26)25(20)4)10-14-6-7-17-15(9-14)11-24(3)23-17/h6-7,9-11,13,16H,8,12H2,1-5H3,(H,21,22)/b18-10-. The van der Waals surface area contributed by atoms with Crippen molar-refractivity contribution in [3.05, 3.63) is 35.7 Å². The number of ether oxygens (including phenoxy) is 1. The van der Waals surface area contributed by atoms with Crippen LogP contribution in [-0.4, -0.2) is 53.4 Å². The van der Waals surface area contributed by atoms with Crippen molar-refractivity contribution in [3.63, 3.8) is 0 Å². The lowest BCUT2D eigenvalue weighted by atomic mass is 10.1. The summed E-state index contributed by atoms with van der Waals surface area (Å²) < 4.78 is 7.06. The summed E-state index contributed by atoms with van der Waals surface area (Å²) in [7, 11) is 5.30. The Balaban J connectivity index is 1.85. The number of methoxy groups -OCH3 is 1. The summed E-state index contributed by atoms with van der Waals surface area (Å²) in [6, 6.07) is 5.95. The third-order valence-corrected chi connectivity index (χ3v) is 4.46. The number of rotatable bonds is 6. The maximum Gasteiger partial charge on any atom is 0.276 e. The second-order valence-corrected chi connectivity index (χ2v) is 7.36. The largest absolute Gasteiger partial charge is 0.382 e. The zero-order chi connectivity index (χ0) is 19.6. The zero-order valence-corrected chi connectivity index (χ0v) is 16.6. The van der Waals surface area contributed by atoms with Gasteiger partial charge in [0.1, 0.15) is 5.70 Å². The molecule has 0 radical (unpaired) electrons. The van der Waals surface area contributed by atoms with E-state index in [1.807, 2.05) is 37.5 Å². The van der Waals surface area contributed by atoms with E-state index in [1.54, 1.807) is 23.7 Å². The fraction of sp³-hybridized carbons (Fsp3) is 0.450. The van der Waals surface area contributed by atoms with Gasteiger partial charge in [-0.15, -0.1) is 0 Å². The molecule has 1 aliphatic heterocycles. The fourth-order valence-electron chi connectivity index (χ4n) is 3.24. The molecule has 1 aromatic heterocycles. The number of aliphatic imine (C=N–C) groups is 1. The van der Waals surface area contributed by atoms with Gasteiger partial charge in [0.05, 0.1) is 18.2 Å². The second kappa shape index (κ2) is 7.92. The smallest absolute Gasteiger partial charge is 0.276 e. The van der Waals surface area contributed by atoms with E-state index in [0.29, 0.717) is 24.2 Å². The molecule has 1 amide bonds. The van der Waals surface area contributed by atoms with Gasteiger partial charge in [-0.1, -0.05) is 19.9 Å². The van der Waals surface area contributed by atoms with Gasteiger partial charge in [0, 0.05) is 32.8 Å². The average molecular weight is 369 g/mol. The predicted molar refractivity (Wildman–Crippen MR) is 107 cm³/mol. The van der Waals surface area contributed by atoms with Gasteiger partial charge in [0.2, 0.25) is 5.96 Å². The molecular formula is C20H27N5O2. The number of hydrogen-bond donors (Lipinski definition) is 1. The fourth-order valence-corrected chi connectivity index (χ4v) is 3.24.